The lowest BCUT2D eigenvalue weighted by Crippen LogP contribution is -2.45. The summed E-state index contributed by atoms with van der Waals surface area (Å²) >= 11 is 0. The number of rotatable bonds is 2. The minimum atomic E-state index is -0.713. The van der Waals surface area contributed by atoms with E-state index in [-0.39, 0.29) is 5.43 Å². The summed E-state index contributed by atoms with van der Waals surface area (Å²) in [7, 11) is -0.713. The van der Waals surface area contributed by atoms with Crippen molar-refractivity contribution in [2.24, 2.45) is 0 Å². The fourth-order valence-corrected chi connectivity index (χ4v) is 2.06. The molecular formula is C14H19BN2O3. The Morgan fingerprint density at radius 3 is 2.30 bits per heavy atom. The summed E-state index contributed by atoms with van der Waals surface area (Å²) in [5, 5.41) is 8.97. The largest absolute Gasteiger partial charge is 0.500 e. The Morgan fingerprint density at radius 1 is 1.25 bits per heavy atom. The third kappa shape index (κ3) is 2.28. The van der Waals surface area contributed by atoms with Gasteiger partial charge in [-0.15, -0.1) is 0 Å². The average molecular weight is 274 g/mol. The summed E-state index contributed by atoms with van der Waals surface area (Å²) in [6, 6.07) is 2.07. The van der Waals surface area contributed by atoms with Crippen LogP contribution >= 0.6 is 0 Å². The van der Waals surface area contributed by atoms with E-state index >= 15 is 0 Å². The third-order valence-corrected chi connectivity index (χ3v) is 4.17. The number of aromatic nitrogens is 1. The molecule has 0 spiro atoms. The second kappa shape index (κ2) is 4.76. The molecule has 1 aromatic rings. The van der Waals surface area contributed by atoms with Gasteiger partial charge in [-0.1, -0.05) is 0 Å². The number of hydrogen-bond donors (Lipinski definition) is 1. The van der Waals surface area contributed by atoms with E-state index in [0.29, 0.717) is 11.0 Å². The van der Waals surface area contributed by atoms with Crippen LogP contribution in [0.4, 0.5) is 0 Å². The van der Waals surface area contributed by atoms with Crippen LogP contribution in [0.25, 0.3) is 0 Å². The molecule has 1 saturated heterocycles. The zero-order valence-corrected chi connectivity index (χ0v) is 12.5. The topological polar surface area (TPSA) is 75.1 Å². The first-order valence-electron chi connectivity index (χ1n) is 6.66. The van der Waals surface area contributed by atoms with Crippen LogP contribution in [-0.2, 0) is 9.31 Å². The molecule has 0 amide bonds. The number of H-pyrrole nitrogens is 1. The van der Waals surface area contributed by atoms with E-state index in [0.717, 1.165) is 0 Å². The van der Waals surface area contributed by atoms with Gasteiger partial charge in [0.1, 0.15) is 0 Å². The summed E-state index contributed by atoms with van der Waals surface area (Å²) in [4.78, 5) is 15.4. The molecule has 0 radical (unpaired) electrons. The fourth-order valence-electron chi connectivity index (χ4n) is 2.06. The van der Waals surface area contributed by atoms with Crippen LogP contribution in [0.15, 0.2) is 17.2 Å². The van der Waals surface area contributed by atoms with Crippen LogP contribution < -0.4 is 10.9 Å². The zero-order valence-electron chi connectivity index (χ0n) is 12.5. The Labute approximate surface area is 119 Å². The van der Waals surface area contributed by atoms with Crippen LogP contribution in [0.1, 0.15) is 46.1 Å². The molecule has 2 rings (SSSR count). The first-order valence-corrected chi connectivity index (χ1v) is 6.66. The van der Waals surface area contributed by atoms with E-state index in [2.05, 4.69) is 11.1 Å². The molecule has 20 heavy (non-hydrogen) atoms. The molecule has 0 bridgehead atoms. The van der Waals surface area contributed by atoms with Gasteiger partial charge in [0.05, 0.1) is 23.2 Å². The van der Waals surface area contributed by atoms with Crippen molar-refractivity contribution < 1.29 is 9.31 Å². The van der Waals surface area contributed by atoms with E-state index in [9.17, 15) is 4.79 Å². The van der Waals surface area contributed by atoms with Gasteiger partial charge in [0, 0.05) is 23.4 Å². The lowest BCUT2D eigenvalue weighted by molar-refractivity contribution is 0.00578. The lowest BCUT2D eigenvalue weighted by atomic mass is 9.78. The number of aromatic amines is 1. The van der Waals surface area contributed by atoms with Gasteiger partial charge in [-0.3, -0.25) is 4.79 Å². The minimum Gasteiger partial charge on any atom is -0.399 e. The van der Waals surface area contributed by atoms with Crippen LogP contribution in [0.2, 0.25) is 0 Å². The Balaban J connectivity index is 2.42. The zero-order chi connectivity index (χ0) is 15.1. The quantitative estimate of drug-likeness (QED) is 0.825. The van der Waals surface area contributed by atoms with Crippen molar-refractivity contribution in [3.05, 3.63) is 28.2 Å². The maximum Gasteiger partial charge on any atom is 0.500 e. The van der Waals surface area contributed by atoms with Crippen LogP contribution in [0.3, 0.4) is 0 Å². The molecule has 1 atom stereocenters. The van der Waals surface area contributed by atoms with Crippen molar-refractivity contribution >= 4 is 12.6 Å². The van der Waals surface area contributed by atoms with E-state index in [1.807, 2.05) is 27.7 Å². The smallest absolute Gasteiger partial charge is 0.399 e. The number of nitrogens with zero attached hydrogens (tertiary/aromatic N) is 1. The van der Waals surface area contributed by atoms with Gasteiger partial charge < -0.3 is 14.3 Å². The van der Waals surface area contributed by atoms with E-state index in [4.69, 9.17) is 14.6 Å². The molecule has 106 valence electrons. The van der Waals surface area contributed by atoms with E-state index in [1.165, 1.54) is 0 Å². The van der Waals surface area contributed by atoms with Gasteiger partial charge >= 0.3 is 7.12 Å². The molecular weight excluding hydrogens is 255 g/mol. The molecule has 5 nitrogen and oxygen atoms in total. The number of nitrogens with one attached hydrogen (secondary N) is 1. The molecule has 1 N–H and O–H groups in total. The summed E-state index contributed by atoms with van der Waals surface area (Å²) in [5.74, 6) is -0.471. The average Bonchev–Trinajstić information content (AvgIpc) is 2.57. The van der Waals surface area contributed by atoms with Crippen molar-refractivity contribution in [2.45, 2.75) is 51.7 Å². The molecule has 0 saturated carbocycles. The predicted molar refractivity (Wildman–Crippen MR) is 76.8 cm³/mol. The van der Waals surface area contributed by atoms with Gasteiger partial charge in [0.25, 0.3) is 0 Å². The molecule has 0 aliphatic carbocycles. The van der Waals surface area contributed by atoms with E-state index < -0.39 is 24.2 Å². The second-order valence-corrected chi connectivity index (χ2v) is 6.13. The third-order valence-electron chi connectivity index (χ3n) is 4.17. The van der Waals surface area contributed by atoms with E-state index in [1.54, 1.807) is 19.3 Å². The maximum atomic E-state index is 12.4. The molecule has 1 fully saturated rings. The van der Waals surface area contributed by atoms with Crippen molar-refractivity contribution in [1.82, 2.24) is 4.98 Å². The van der Waals surface area contributed by atoms with Crippen LogP contribution in [0, 0.1) is 11.3 Å². The Morgan fingerprint density at radius 2 is 1.80 bits per heavy atom. The molecule has 1 aliphatic heterocycles. The minimum absolute atomic E-state index is 0.198. The Hall–Kier alpha value is -1.58. The predicted octanol–water partition coefficient (Wildman–Crippen LogP) is 1.30. The molecule has 2 heterocycles. The van der Waals surface area contributed by atoms with Gasteiger partial charge in [-0.25, -0.2) is 0 Å². The van der Waals surface area contributed by atoms with Crippen LogP contribution in [0.5, 0.6) is 0 Å². The Bertz CT molecular complexity index is 600. The Kier molecular flexibility index (Phi) is 3.53. The highest BCUT2D eigenvalue weighted by Gasteiger charge is 2.52. The molecule has 0 aromatic carbocycles. The first kappa shape index (κ1) is 14.8. The van der Waals surface area contributed by atoms with Gasteiger partial charge in [-0.2, -0.15) is 5.26 Å². The molecule has 1 unspecified atom stereocenters. The molecule has 1 aliphatic rings. The fraction of sp³-hybridized carbons (Fsp3) is 0.571. The van der Waals surface area contributed by atoms with Gasteiger partial charge in [0.15, 0.2) is 5.43 Å². The highest BCUT2D eigenvalue weighted by atomic mass is 16.7. The SMILES string of the molecule is CC(C#N)c1c[nH]cc(B2OC(C)(C)C(C)(C)O2)c1=O. The number of pyridine rings is 1. The van der Waals surface area contributed by atoms with Crippen molar-refractivity contribution in [3.8, 4) is 6.07 Å². The standard InChI is InChI=1S/C14H19BN2O3/c1-9(6-16)10-7-17-8-11(12(10)18)15-19-13(2,3)14(4,5)20-15/h7-9H,1-5H3,(H,17,18). The number of hydrogen-bond acceptors (Lipinski definition) is 4. The highest BCUT2D eigenvalue weighted by molar-refractivity contribution is 6.61. The molecule has 1 aromatic heterocycles. The monoisotopic (exact) mass is 274 g/mol. The normalized spacial score (nSPS) is 21.5. The van der Waals surface area contributed by atoms with Crippen molar-refractivity contribution in [2.75, 3.05) is 0 Å². The second-order valence-electron chi connectivity index (χ2n) is 6.13. The summed E-state index contributed by atoms with van der Waals surface area (Å²) in [5.41, 5.74) is -0.360. The van der Waals surface area contributed by atoms with Crippen molar-refractivity contribution in [3.63, 3.8) is 0 Å². The van der Waals surface area contributed by atoms with Crippen molar-refractivity contribution in [1.29, 1.82) is 5.26 Å². The highest BCUT2D eigenvalue weighted by Crippen LogP contribution is 2.36. The maximum absolute atomic E-state index is 12.4. The van der Waals surface area contributed by atoms with Gasteiger partial charge in [0.2, 0.25) is 0 Å². The summed E-state index contributed by atoms with van der Waals surface area (Å²) in [6.45, 7) is 9.43. The summed E-state index contributed by atoms with van der Waals surface area (Å²) in [6.07, 6.45) is 3.14. The summed E-state index contributed by atoms with van der Waals surface area (Å²) < 4.78 is 11.7. The number of nitriles is 1. The molecule has 6 heteroatoms. The lowest BCUT2D eigenvalue weighted by Gasteiger charge is -2.32. The van der Waals surface area contributed by atoms with Gasteiger partial charge in [-0.05, 0) is 34.6 Å². The van der Waals surface area contributed by atoms with Crippen LogP contribution in [-0.4, -0.2) is 23.3 Å². The first-order chi connectivity index (χ1) is 9.19.